The van der Waals surface area contributed by atoms with E-state index >= 15 is 0 Å². The third kappa shape index (κ3) is 5.51. The van der Waals surface area contributed by atoms with Gasteiger partial charge in [-0.1, -0.05) is 6.07 Å². The largest absolute Gasteiger partial charge is 0.462 e. The minimum atomic E-state index is -4.47. The first kappa shape index (κ1) is 19.3. The number of ether oxygens (including phenoxy) is 1. The van der Waals surface area contributed by atoms with Crippen LogP contribution < -0.4 is 10.6 Å². The molecule has 2 N–H and O–H groups in total. The van der Waals surface area contributed by atoms with Crippen molar-refractivity contribution in [3.8, 4) is 0 Å². The molecule has 0 bridgehead atoms. The Morgan fingerprint density at radius 3 is 2.35 bits per heavy atom. The van der Waals surface area contributed by atoms with Gasteiger partial charge in [-0.05, 0) is 49.4 Å². The molecule has 2 rings (SSSR count). The summed E-state index contributed by atoms with van der Waals surface area (Å²) >= 11 is 0. The van der Waals surface area contributed by atoms with Crippen LogP contribution in [0.3, 0.4) is 0 Å². The van der Waals surface area contributed by atoms with Gasteiger partial charge in [0, 0.05) is 11.4 Å². The lowest BCUT2D eigenvalue weighted by Crippen LogP contribution is -2.22. The zero-order valence-electron chi connectivity index (χ0n) is 13.9. The van der Waals surface area contributed by atoms with Crippen molar-refractivity contribution in [3.63, 3.8) is 0 Å². The minimum absolute atomic E-state index is 0.0595. The third-order valence-electron chi connectivity index (χ3n) is 3.32. The van der Waals surface area contributed by atoms with Crippen molar-refractivity contribution in [2.24, 2.45) is 0 Å². The highest BCUT2D eigenvalue weighted by molar-refractivity contribution is 5.94. The SMILES string of the molecule is CCOC(=O)c1ccc(NCC(=O)Nc2cccc(C(F)(F)F)c2)cc1. The Hall–Kier alpha value is -3.03. The fourth-order valence-electron chi connectivity index (χ4n) is 2.10. The van der Waals surface area contributed by atoms with E-state index in [1.807, 2.05) is 0 Å². The molecule has 0 saturated carbocycles. The number of esters is 1. The fraction of sp³-hybridized carbons (Fsp3) is 0.222. The van der Waals surface area contributed by atoms with Crippen LogP contribution in [0.25, 0.3) is 0 Å². The molecule has 8 heteroatoms. The molecule has 0 fully saturated rings. The molecule has 0 saturated heterocycles. The molecule has 0 spiro atoms. The molecule has 26 heavy (non-hydrogen) atoms. The van der Waals surface area contributed by atoms with Gasteiger partial charge in [0.15, 0.2) is 0 Å². The first-order valence-electron chi connectivity index (χ1n) is 7.77. The summed E-state index contributed by atoms with van der Waals surface area (Å²) in [5, 5.41) is 5.22. The maximum atomic E-state index is 12.7. The number of alkyl halides is 3. The molecule has 0 radical (unpaired) electrons. The number of amides is 1. The van der Waals surface area contributed by atoms with Crippen molar-refractivity contribution in [2.75, 3.05) is 23.8 Å². The lowest BCUT2D eigenvalue weighted by atomic mass is 10.2. The van der Waals surface area contributed by atoms with E-state index in [2.05, 4.69) is 10.6 Å². The summed E-state index contributed by atoms with van der Waals surface area (Å²) in [4.78, 5) is 23.4. The highest BCUT2D eigenvalue weighted by atomic mass is 19.4. The molecular weight excluding hydrogens is 349 g/mol. The van der Waals surface area contributed by atoms with E-state index in [0.717, 1.165) is 12.1 Å². The van der Waals surface area contributed by atoms with E-state index in [9.17, 15) is 22.8 Å². The Balaban J connectivity index is 1.90. The van der Waals surface area contributed by atoms with Crippen LogP contribution in [0.2, 0.25) is 0 Å². The molecule has 0 aliphatic heterocycles. The number of anilines is 2. The molecule has 0 unspecified atom stereocenters. The predicted octanol–water partition coefficient (Wildman–Crippen LogP) is 3.93. The van der Waals surface area contributed by atoms with Crippen LogP contribution in [0.5, 0.6) is 0 Å². The van der Waals surface area contributed by atoms with Gasteiger partial charge >= 0.3 is 12.1 Å². The average molecular weight is 366 g/mol. The summed E-state index contributed by atoms with van der Waals surface area (Å²) in [6.07, 6.45) is -4.47. The number of hydrogen-bond acceptors (Lipinski definition) is 4. The zero-order valence-corrected chi connectivity index (χ0v) is 13.9. The fourth-order valence-corrected chi connectivity index (χ4v) is 2.10. The minimum Gasteiger partial charge on any atom is -0.462 e. The van der Waals surface area contributed by atoms with Crippen LogP contribution in [-0.2, 0) is 15.7 Å². The first-order valence-corrected chi connectivity index (χ1v) is 7.77. The number of carbonyl (C=O) groups is 2. The van der Waals surface area contributed by atoms with Crippen LogP contribution in [-0.4, -0.2) is 25.0 Å². The van der Waals surface area contributed by atoms with E-state index in [-0.39, 0.29) is 18.8 Å². The van der Waals surface area contributed by atoms with Gasteiger partial charge in [-0.3, -0.25) is 4.79 Å². The first-order chi connectivity index (χ1) is 12.3. The lowest BCUT2D eigenvalue weighted by Gasteiger charge is -2.11. The summed E-state index contributed by atoms with van der Waals surface area (Å²) in [5.41, 5.74) is 0.185. The van der Waals surface area contributed by atoms with Crippen LogP contribution in [0, 0.1) is 0 Å². The number of hydrogen-bond donors (Lipinski definition) is 2. The molecule has 0 heterocycles. The summed E-state index contributed by atoms with van der Waals surface area (Å²) in [6.45, 7) is 1.83. The Bertz CT molecular complexity index is 774. The van der Waals surface area contributed by atoms with Crippen molar-refractivity contribution < 1.29 is 27.5 Å². The van der Waals surface area contributed by atoms with E-state index in [1.54, 1.807) is 31.2 Å². The number of rotatable bonds is 6. The van der Waals surface area contributed by atoms with Gasteiger partial charge in [0.05, 0.1) is 24.3 Å². The second-order valence-corrected chi connectivity index (χ2v) is 5.28. The highest BCUT2D eigenvalue weighted by Gasteiger charge is 2.30. The van der Waals surface area contributed by atoms with Crippen LogP contribution in [0.15, 0.2) is 48.5 Å². The average Bonchev–Trinajstić information content (AvgIpc) is 2.60. The van der Waals surface area contributed by atoms with Gasteiger partial charge in [-0.25, -0.2) is 4.79 Å². The van der Waals surface area contributed by atoms with Gasteiger partial charge in [0.2, 0.25) is 5.91 Å². The summed E-state index contributed by atoms with van der Waals surface area (Å²) in [7, 11) is 0. The maximum absolute atomic E-state index is 12.7. The number of nitrogens with one attached hydrogen (secondary N) is 2. The Kier molecular flexibility index (Phi) is 6.21. The smallest absolute Gasteiger partial charge is 0.416 e. The molecule has 0 aromatic heterocycles. The number of halogens is 3. The topological polar surface area (TPSA) is 67.4 Å². The summed E-state index contributed by atoms with van der Waals surface area (Å²) in [6, 6.07) is 10.7. The second kappa shape index (κ2) is 8.37. The molecule has 2 aromatic carbocycles. The summed E-state index contributed by atoms with van der Waals surface area (Å²) in [5.74, 6) is -0.944. The van der Waals surface area contributed by atoms with Crippen molar-refractivity contribution in [3.05, 3.63) is 59.7 Å². The Morgan fingerprint density at radius 1 is 1.04 bits per heavy atom. The lowest BCUT2D eigenvalue weighted by molar-refractivity contribution is -0.137. The standard InChI is InChI=1S/C18H17F3N2O3/c1-2-26-17(25)12-6-8-14(9-7-12)22-11-16(24)23-15-5-3-4-13(10-15)18(19,20)21/h3-10,22H,2,11H2,1H3,(H,23,24). The predicted molar refractivity (Wildman–Crippen MR) is 91.0 cm³/mol. The van der Waals surface area contributed by atoms with Crippen molar-refractivity contribution in [2.45, 2.75) is 13.1 Å². The van der Waals surface area contributed by atoms with Crippen molar-refractivity contribution in [1.29, 1.82) is 0 Å². The molecule has 0 aliphatic carbocycles. The normalized spacial score (nSPS) is 10.9. The van der Waals surface area contributed by atoms with E-state index in [4.69, 9.17) is 4.74 Å². The van der Waals surface area contributed by atoms with Crippen molar-refractivity contribution >= 4 is 23.3 Å². The van der Waals surface area contributed by atoms with Gasteiger partial charge in [0.25, 0.3) is 0 Å². The number of benzene rings is 2. The molecule has 138 valence electrons. The van der Waals surface area contributed by atoms with Crippen LogP contribution in [0.1, 0.15) is 22.8 Å². The van der Waals surface area contributed by atoms with Gasteiger partial charge in [-0.15, -0.1) is 0 Å². The van der Waals surface area contributed by atoms with Crippen LogP contribution >= 0.6 is 0 Å². The number of carbonyl (C=O) groups excluding carboxylic acids is 2. The zero-order chi connectivity index (χ0) is 19.2. The Labute approximate surface area is 148 Å². The van der Waals surface area contributed by atoms with E-state index < -0.39 is 23.6 Å². The van der Waals surface area contributed by atoms with Gasteiger partial charge in [0.1, 0.15) is 0 Å². The molecule has 1 amide bonds. The van der Waals surface area contributed by atoms with Crippen molar-refractivity contribution in [1.82, 2.24) is 0 Å². The summed E-state index contributed by atoms with van der Waals surface area (Å²) < 4.78 is 42.8. The van der Waals surface area contributed by atoms with Crippen LogP contribution in [0.4, 0.5) is 24.5 Å². The second-order valence-electron chi connectivity index (χ2n) is 5.28. The molecule has 2 aromatic rings. The maximum Gasteiger partial charge on any atom is 0.416 e. The van der Waals surface area contributed by atoms with E-state index in [1.165, 1.54) is 12.1 Å². The van der Waals surface area contributed by atoms with Gasteiger partial charge in [-0.2, -0.15) is 13.2 Å². The monoisotopic (exact) mass is 366 g/mol. The quantitative estimate of drug-likeness (QED) is 0.760. The van der Waals surface area contributed by atoms with Gasteiger partial charge < -0.3 is 15.4 Å². The van der Waals surface area contributed by atoms with E-state index in [0.29, 0.717) is 11.3 Å². The highest BCUT2D eigenvalue weighted by Crippen LogP contribution is 2.30. The molecule has 0 aliphatic rings. The molecular formula is C18H17F3N2O3. The molecule has 0 atom stereocenters. The molecule has 5 nitrogen and oxygen atoms in total. The third-order valence-corrected chi connectivity index (χ3v) is 3.32. The Morgan fingerprint density at radius 2 is 1.73 bits per heavy atom.